The van der Waals surface area contributed by atoms with Gasteiger partial charge in [0.15, 0.2) is 5.78 Å². The summed E-state index contributed by atoms with van der Waals surface area (Å²) in [5.74, 6) is -1.00. The van der Waals surface area contributed by atoms with Gasteiger partial charge in [0, 0.05) is 0 Å². The highest BCUT2D eigenvalue weighted by molar-refractivity contribution is 5.84. The SMILES string of the molecule is C=CCOO.O=C(CO)[C@H](O)[C@@H](O)[C@H](O)CO. The Morgan fingerprint density at radius 1 is 1.29 bits per heavy atom. The van der Waals surface area contributed by atoms with Crippen molar-refractivity contribution in [1.29, 1.82) is 0 Å². The average molecular weight is 254 g/mol. The first-order chi connectivity index (χ1) is 7.95. The second kappa shape index (κ2) is 11.6. The van der Waals surface area contributed by atoms with Crippen LogP contribution in [0.4, 0.5) is 0 Å². The number of hydrogen-bond donors (Lipinski definition) is 6. The summed E-state index contributed by atoms with van der Waals surface area (Å²) in [6.45, 7) is 1.79. The molecule has 8 heteroatoms. The van der Waals surface area contributed by atoms with E-state index in [0.29, 0.717) is 0 Å². The van der Waals surface area contributed by atoms with Gasteiger partial charge in [-0.1, -0.05) is 6.08 Å². The molecule has 0 saturated carbocycles. The molecule has 17 heavy (non-hydrogen) atoms. The van der Waals surface area contributed by atoms with Gasteiger partial charge in [0.2, 0.25) is 0 Å². The molecule has 0 amide bonds. The molecule has 0 aromatic heterocycles. The Kier molecular flexibility index (Phi) is 12.6. The lowest BCUT2D eigenvalue weighted by atomic mass is 10.1. The Balaban J connectivity index is 0. The van der Waals surface area contributed by atoms with Crippen LogP contribution in [0.5, 0.6) is 0 Å². The van der Waals surface area contributed by atoms with Crippen LogP contribution in [0.1, 0.15) is 0 Å². The number of rotatable bonds is 7. The van der Waals surface area contributed by atoms with Gasteiger partial charge in [0.1, 0.15) is 24.9 Å². The Morgan fingerprint density at radius 2 is 1.82 bits per heavy atom. The normalized spacial score (nSPS) is 15.2. The van der Waals surface area contributed by atoms with Gasteiger partial charge in [0.05, 0.1) is 13.2 Å². The van der Waals surface area contributed by atoms with E-state index < -0.39 is 37.3 Å². The van der Waals surface area contributed by atoms with Crippen LogP contribution in [-0.4, -0.2) is 74.7 Å². The van der Waals surface area contributed by atoms with Crippen molar-refractivity contribution in [1.82, 2.24) is 0 Å². The molecule has 0 aromatic carbocycles. The zero-order valence-electron chi connectivity index (χ0n) is 9.14. The lowest BCUT2D eigenvalue weighted by Crippen LogP contribution is -2.44. The largest absolute Gasteiger partial charge is 0.394 e. The summed E-state index contributed by atoms with van der Waals surface area (Å²) in [4.78, 5) is 14.1. The number of aliphatic hydroxyl groups excluding tert-OH is 5. The lowest BCUT2D eigenvalue weighted by molar-refractivity contribution is -0.231. The predicted octanol–water partition coefficient (Wildman–Crippen LogP) is -2.72. The second-order valence-corrected chi connectivity index (χ2v) is 2.89. The highest BCUT2D eigenvalue weighted by Crippen LogP contribution is 2.00. The fourth-order valence-corrected chi connectivity index (χ4v) is 0.655. The molecule has 0 heterocycles. The Morgan fingerprint density at radius 3 is 2.06 bits per heavy atom. The van der Waals surface area contributed by atoms with Crippen molar-refractivity contribution in [2.24, 2.45) is 0 Å². The molecule has 102 valence electrons. The van der Waals surface area contributed by atoms with Gasteiger partial charge in [-0.3, -0.25) is 10.1 Å². The van der Waals surface area contributed by atoms with Crippen LogP contribution in [0.2, 0.25) is 0 Å². The van der Waals surface area contributed by atoms with Crippen molar-refractivity contribution in [3.63, 3.8) is 0 Å². The number of aliphatic hydroxyl groups is 5. The van der Waals surface area contributed by atoms with Crippen molar-refractivity contribution >= 4 is 5.78 Å². The molecule has 0 spiro atoms. The molecule has 0 aromatic rings. The molecule has 8 nitrogen and oxygen atoms in total. The summed E-state index contributed by atoms with van der Waals surface area (Å²) in [5.41, 5.74) is 0. The minimum absolute atomic E-state index is 0.208. The predicted molar refractivity (Wildman–Crippen MR) is 56.0 cm³/mol. The zero-order chi connectivity index (χ0) is 13.8. The first kappa shape index (κ1) is 18.5. The van der Waals surface area contributed by atoms with Crippen molar-refractivity contribution in [2.75, 3.05) is 19.8 Å². The van der Waals surface area contributed by atoms with Gasteiger partial charge in [0.25, 0.3) is 0 Å². The smallest absolute Gasteiger partial charge is 0.189 e. The maximum Gasteiger partial charge on any atom is 0.189 e. The van der Waals surface area contributed by atoms with Crippen molar-refractivity contribution in [2.45, 2.75) is 18.3 Å². The highest BCUT2D eigenvalue weighted by atomic mass is 17.1. The van der Waals surface area contributed by atoms with E-state index >= 15 is 0 Å². The number of ketones is 1. The quantitative estimate of drug-likeness (QED) is 0.163. The van der Waals surface area contributed by atoms with Gasteiger partial charge in [-0.05, 0) is 0 Å². The van der Waals surface area contributed by atoms with Crippen molar-refractivity contribution in [3.8, 4) is 0 Å². The van der Waals surface area contributed by atoms with Gasteiger partial charge < -0.3 is 25.5 Å². The van der Waals surface area contributed by atoms with E-state index in [2.05, 4.69) is 11.5 Å². The average Bonchev–Trinajstić information content (AvgIpc) is 2.36. The van der Waals surface area contributed by atoms with E-state index in [9.17, 15) is 4.79 Å². The Hall–Kier alpha value is -0.870. The zero-order valence-corrected chi connectivity index (χ0v) is 9.14. The summed E-state index contributed by atoms with van der Waals surface area (Å²) >= 11 is 0. The van der Waals surface area contributed by atoms with E-state index in [1.807, 2.05) is 0 Å². The summed E-state index contributed by atoms with van der Waals surface area (Å²) in [7, 11) is 0. The molecule has 6 N–H and O–H groups in total. The number of hydrogen-bond acceptors (Lipinski definition) is 8. The van der Waals surface area contributed by atoms with Crippen LogP contribution in [0.3, 0.4) is 0 Å². The van der Waals surface area contributed by atoms with Crippen molar-refractivity contribution < 1.29 is 40.5 Å². The van der Waals surface area contributed by atoms with E-state index in [1.165, 1.54) is 6.08 Å². The van der Waals surface area contributed by atoms with Crippen LogP contribution in [0.15, 0.2) is 12.7 Å². The van der Waals surface area contributed by atoms with Gasteiger partial charge >= 0.3 is 0 Å². The van der Waals surface area contributed by atoms with Gasteiger partial charge in [-0.2, -0.15) is 0 Å². The summed E-state index contributed by atoms with van der Waals surface area (Å²) in [6, 6.07) is 0. The van der Waals surface area contributed by atoms with E-state index in [1.54, 1.807) is 0 Å². The molecule has 0 saturated heterocycles. The van der Waals surface area contributed by atoms with Crippen molar-refractivity contribution in [3.05, 3.63) is 12.7 Å². The van der Waals surface area contributed by atoms with E-state index in [-0.39, 0.29) is 6.61 Å². The van der Waals surface area contributed by atoms with Gasteiger partial charge in [-0.25, -0.2) is 4.89 Å². The standard InChI is InChI=1S/C6H12O6.C3H6O2/c7-1-3(9)5(11)6(12)4(10)2-8;1-2-3-5-4/h3,5-9,11-12H,1-2H2;2,4H,1,3H2/t3-,5+,6+;/m1./s1. The first-order valence-corrected chi connectivity index (χ1v) is 4.62. The molecule has 0 aliphatic heterocycles. The van der Waals surface area contributed by atoms with Crippen LogP contribution in [-0.2, 0) is 9.68 Å². The summed E-state index contributed by atoms with van der Waals surface area (Å²) in [5, 5.41) is 50.6. The lowest BCUT2D eigenvalue weighted by Gasteiger charge is -2.19. The van der Waals surface area contributed by atoms with E-state index in [0.717, 1.165) is 0 Å². The molecule has 0 rings (SSSR count). The van der Waals surface area contributed by atoms with Crippen LogP contribution in [0, 0.1) is 0 Å². The Labute approximate surface area is 97.9 Å². The third-order valence-corrected chi connectivity index (χ3v) is 1.58. The molecular formula is C9H18O8. The number of Topliss-reactive ketones (excluding diaryl/α,β-unsaturated/α-hetero) is 1. The third-order valence-electron chi connectivity index (χ3n) is 1.58. The van der Waals surface area contributed by atoms with E-state index in [4.69, 9.17) is 30.8 Å². The molecule has 0 unspecified atom stereocenters. The van der Waals surface area contributed by atoms with Crippen LogP contribution >= 0.6 is 0 Å². The maximum absolute atomic E-state index is 10.5. The summed E-state index contributed by atoms with van der Waals surface area (Å²) < 4.78 is 0. The third kappa shape index (κ3) is 8.89. The Bertz CT molecular complexity index is 207. The van der Waals surface area contributed by atoms with Gasteiger partial charge in [-0.15, -0.1) is 6.58 Å². The number of carbonyl (C=O) groups is 1. The molecule has 0 aliphatic rings. The minimum Gasteiger partial charge on any atom is -0.394 e. The maximum atomic E-state index is 10.5. The summed E-state index contributed by atoms with van der Waals surface area (Å²) in [6.07, 6.45) is -3.76. The molecule has 3 atom stereocenters. The highest BCUT2D eigenvalue weighted by Gasteiger charge is 2.28. The molecule has 0 radical (unpaired) electrons. The topological polar surface area (TPSA) is 148 Å². The number of carbonyl (C=O) groups excluding carboxylic acids is 1. The fraction of sp³-hybridized carbons (Fsp3) is 0.667. The molecule has 0 aliphatic carbocycles. The molecule has 0 fully saturated rings. The van der Waals surface area contributed by atoms with Crippen LogP contribution < -0.4 is 0 Å². The monoisotopic (exact) mass is 254 g/mol. The van der Waals surface area contributed by atoms with Crippen LogP contribution in [0.25, 0.3) is 0 Å². The fourth-order valence-electron chi connectivity index (χ4n) is 0.655. The minimum atomic E-state index is -1.86. The molecular weight excluding hydrogens is 236 g/mol. The molecule has 0 bridgehead atoms. The second-order valence-electron chi connectivity index (χ2n) is 2.89. The first-order valence-electron chi connectivity index (χ1n) is 4.62.